The Labute approximate surface area is 190 Å². The molecular formula is C24H30N4O3S. The minimum Gasteiger partial charge on any atom is -0.331 e. The average molecular weight is 455 g/mol. The fourth-order valence-corrected chi connectivity index (χ4v) is 5.18. The molecule has 2 aromatic carbocycles. The smallest absolute Gasteiger partial charge is 0.317 e. The highest BCUT2D eigenvalue weighted by Crippen LogP contribution is 2.19. The van der Waals surface area contributed by atoms with Gasteiger partial charge in [-0.05, 0) is 54.7 Å². The van der Waals surface area contributed by atoms with Crippen LogP contribution in [-0.2, 0) is 16.4 Å². The van der Waals surface area contributed by atoms with Gasteiger partial charge < -0.3 is 10.2 Å². The highest BCUT2D eigenvalue weighted by molar-refractivity contribution is 7.89. The number of piperazine rings is 1. The molecule has 0 aromatic heterocycles. The molecule has 1 heterocycles. The summed E-state index contributed by atoms with van der Waals surface area (Å²) < 4.78 is 27.1. The molecule has 1 saturated heterocycles. The van der Waals surface area contributed by atoms with Crippen LogP contribution in [0.5, 0.6) is 0 Å². The van der Waals surface area contributed by atoms with Crippen molar-refractivity contribution < 1.29 is 13.2 Å². The monoisotopic (exact) mass is 454 g/mol. The summed E-state index contributed by atoms with van der Waals surface area (Å²) in [5.74, 6) is 0.595. The summed E-state index contributed by atoms with van der Waals surface area (Å²) in [7, 11) is -3.65. The van der Waals surface area contributed by atoms with Gasteiger partial charge in [0, 0.05) is 26.2 Å². The zero-order chi connectivity index (χ0) is 23.3. The standard InChI is InChI=1S/C24H30N4O3S/c1-18(2)16-20-4-8-22(9-5-20)19(3)26-24(29)27-12-14-28(15-13-27)32(30,31)23-10-6-21(17-25)7-11-23/h4-11,18-19H,12-16H2,1-3H3,(H,26,29). The molecule has 3 rings (SSSR count). The molecule has 1 aliphatic rings. The molecule has 7 nitrogen and oxygen atoms in total. The second kappa shape index (κ2) is 10.2. The molecule has 170 valence electrons. The number of hydrogen-bond acceptors (Lipinski definition) is 4. The summed E-state index contributed by atoms with van der Waals surface area (Å²) in [6.45, 7) is 7.42. The summed E-state index contributed by atoms with van der Waals surface area (Å²) in [6.07, 6.45) is 1.02. The fourth-order valence-electron chi connectivity index (χ4n) is 3.76. The first-order valence-electron chi connectivity index (χ1n) is 10.9. The van der Waals surface area contributed by atoms with Gasteiger partial charge in [0.05, 0.1) is 22.6 Å². The molecular weight excluding hydrogens is 424 g/mol. The van der Waals surface area contributed by atoms with Gasteiger partial charge in [0.2, 0.25) is 10.0 Å². The van der Waals surface area contributed by atoms with E-state index in [1.165, 1.54) is 34.1 Å². The van der Waals surface area contributed by atoms with E-state index < -0.39 is 10.0 Å². The normalized spacial score (nSPS) is 15.9. The Morgan fingerprint density at radius 3 is 2.12 bits per heavy atom. The highest BCUT2D eigenvalue weighted by atomic mass is 32.2. The number of amides is 2. The molecule has 0 bridgehead atoms. The van der Waals surface area contributed by atoms with Crippen LogP contribution in [0.4, 0.5) is 4.79 Å². The first kappa shape index (κ1) is 23.8. The van der Waals surface area contributed by atoms with Gasteiger partial charge in [-0.3, -0.25) is 0 Å². The number of rotatable bonds is 6. The van der Waals surface area contributed by atoms with E-state index in [-0.39, 0.29) is 30.1 Å². The fraction of sp³-hybridized carbons (Fsp3) is 0.417. The molecule has 8 heteroatoms. The molecule has 0 saturated carbocycles. The predicted molar refractivity (Wildman–Crippen MR) is 123 cm³/mol. The van der Waals surface area contributed by atoms with Gasteiger partial charge in [0.25, 0.3) is 0 Å². The summed E-state index contributed by atoms with van der Waals surface area (Å²) in [4.78, 5) is 14.5. The number of hydrogen-bond donors (Lipinski definition) is 1. The van der Waals surface area contributed by atoms with E-state index in [0.29, 0.717) is 24.6 Å². The van der Waals surface area contributed by atoms with E-state index in [0.717, 1.165) is 12.0 Å². The third-order valence-corrected chi connectivity index (χ3v) is 7.52. The number of sulfonamides is 1. The van der Waals surface area contributed by atoms with Crippen LogP contribution in [0.1, 0.15) is 43.5 Å². The van der Waals surface area contributed by atoms with Crippen LogP contribution >= 0.6 is 0 Å². The number of nitrogens with one attached hydrogen (secondary N) is 1. The summed E-state index contributed by atoms with van der Waals surface area (Å²) in [5, 5.41) is 11.9. The molecule has 2 aromatic rings. The van der Waals surface area contributed by atoms with Gasteiger partial charge in [-0.25, -0.2) is 13.2 Å². The van der Waals surface area contributed by atoms with E-state index in [2.05, 4.69) is 31.3 Å². The van der Waals surface area contributed by atoms with E-state index >= 15 is 0 Å². The van der Waals surface area contributed by atoms with E-state index in [4.69, 9.17) is 5.26 Å². The Balaban J connectivity index is 1.55. The molecule has 1 fully saturated rings. The van der Waals surface area contributed by atoms with Crippen LogP contribution in [0.15, 0.2) is 53.4 Å². The van der Waals surface area contributed by atoms with Gasteiger partial charge in [0.1, 0.15) is 0 Å². The first-order chi connectivity index (χ1) is 15.2. The van der Waals surface area contributed by atoms with Crippen molar-refractivity contribution in [3.05, 3.63) is 65.2 Å². The molecule has 1 aliphatic heterocycles. The molecule has 1 atom stereocenters. The van der Waals surface area contributed by atoms with Gasteiger partial charge in [-0.1, -0.05) is 38.1 Å². The zero-order valence-electron chi connectivity index (χ0n) is 18.8. The first-order valence-corrected chi connectivity index (χ1v) is 12.3. The Morgan fingerprint density at radius 1 is 1.00 bits per heavy atom. The van der Waals surface area contributed by atoms with Crippen molar-refractivity contribution in [2.45, 2.75) is 38.1 Å². The van der Waals surface area contributed by atoms with Crippen molar-refractivity contribution in [1.82, 2.24) is 14.5 Å². The molecule has 1 unspecified atom stereocenters. The van der Waals surface area contributed by atoms with Gasteiger partial charge in [-0.2, -0.15) is 9.57 Å². The Hall–Kier alpha value is -2.89. The maximum Gasteiger partial charge on any atom is 0.317 e. The van der Waals surface area contributed by atoms with E-state index in [1.54, 1.807) is 4.90 Å². The Bertz CT molecular complexity index is 1070. The van der Waals surface area contributed by atoms with Crippen LogP contribution in [-0.4, -0.2) is 49.8 Å². The van der Waals surface area contributed by atoms with E-state index in [9.17, 15) is 13.2 Å². The molecule has 32 heavy (non-hydrogen) atoms. The summed E-state index contributed by atoms with van der Waals surface area (Å²) in [6, 6.07) is 15.8. The van der Waals surface area contributed by atoms with Crippen LogP contribution < -0.4 is 5.32 Å². The van der Waals surface area contributed by atoms with Crippen molar-refractivity contribution in [3.63, 3.8) is 0 Å². The molecule has 2 amide bonds. The number of carbonyl (C=O) groups excluding carboxylic acids is 1. The second-order valence-electron chi connectivity index (χ2n) is 8.54. The van der Waals surface area contributed by atoms with Crippen LogP contribution in [0, 0.1) is 17.2 Å². The molecule has 0 spiro atoms. The lowest BCUT2D eigenvalue weighted by molar-refractivity contribution is 0.169. The lowest BCUT2D eigenvalue weighted by Crippen LogP contribution is -2.53. The quantitative estimate of drug-likeness (QED) is 0.722. The van der Waals surface area contributed by atoms with Crippen molar-refractivity contribution >= 4 is 16.1 Å². The van der Waals surface area contributed by atoms with Crippen LogP contribution in [0.2, 0.25) is 0 Å². The van der Waals surface area contributed by atoms with Crippen LogP contribution in [0.25, 0.3) is 0 Å². The minimum absolute atomic E-state index is 0.143. The molecule has 0 aliphatic carbocycles. The average Bonchev–Trinajstić information content (AvgIpc) is 2.79. The van der Waals surface area contributed by atoms with E-state index in [1.807, 2.05) is 25.1 Å². The number of nitrogens with zero attached hydrogens (tertiary/aromatic N) is 3. The maximum atomic E-state index is 12.8. The SMILES string of the molecule is CC(C)Cc1ccc(C(C)NC(=O)N2CCN(S(=O)(=O)c3ccc(C#N)cc3)CC2)cc1. The third kappa shape index (κ3) is 5.67. The zero-order valence-corrected chi connectivity index (χ0v) is 19.6. The number of benzene rings is 2. The summed E-state index contributed by atoms with van der Waals surface area (Å²) in [5.41, 5.74) is 2.73. The summed E-state index contributed by atoms with van der Waals surface area (Å²) >= 11 is 0. The second-order valence-corrected chi connectivity index (χ2v) is 10.5. The topological polar surface area (TPSA) is 93.5 Å². The lowest BCUT2D eigenvalue weighted by Gasteiger charge is -2.34. The van der Waals surface area contributed by atoms with Crippen molar-refractivity contribution in [1.29, 1.82) is 5.26 Å². The number of urea groups is 1. The number of nitriles is 1. The van der Waals surface area contributed by atoms with Gasteiger partial charge in [-0.15, -0.1) is 0 Å². The van der Waals surface area contributed by atoms with Crippen LogP contribution in [0.3, 0.4) is 0 Å². The van der Waals surface area contributed by atoms with Crippen molar-refractivity contribution in [2.75, 3.05) is 26.2 Å². The lowest BCUT2D eigenvalue weighted by atomic mass is 10.00. The molecule has 1 N–H and O–H groups in total. The third-order valence-electron chi connectivity index (χ3n) is 5.61. The number of carbonyl (C=O) groups is 1. The predicted octanol–water partition coefficient (Wildman–Crippen LogP) is 3.53. The molecule has 0 radical (unpaired) electrons. The van der Waals surface area contributed by atoms with Crippen molar-refractivity contribution in [3.8, 4) is 6.07 Å². The van der Waals surface area contributed by atoms with Gasteiger partial charge >= 0.3 is 6.03 Å². The largest absolute Gasteiger partial charge is 0.331 e. The Kier molecular flexibility index (Phi) is 7.54. The van der Waals surface area contributed by atoms with Crippen molar-refractivity contribution in [2.24, 2.45) is 5.92 Å². The maximum absolute atomic E-state index is 12.8. The highest BCUT2D eigenvalue weighted by Gasteiger charge is 2.30. The minimum atomic E-state index is -3.65. The van der Waals surface area contributed by atoms with Gasteiger partial charge in [0.15, 0.2) is 0 Å². The Morgan fingerprint density at radius 2 is 1.59 bits per heavy atom.